The molecule has 2 unspecified atom stereocenters. The van der Waals surface area contributed by atoms with Crippen LogP contribution in [0.25, 0.3) is 0 Å². The van der Waals surface area contributed by atoms with E-state index in [1.165, 1.54) is 18.4 Å². The largest absolute Gasteiger partial charge is 0.330 e. The van der Waals surface area contributed by atoms with Gasteiger partial charge in [0.05, 0.1) is 0 Å². The van der Waals surface area contributed by atoms with Crippen molar-refractivity contribution < 1.29 is 0 Å². The Morgan fingerprint density at radius 1 is 1.43 bits per heavy atom. The Morgan fingerprint density at radius 2 is 2.07 bits per heavy atom. The van der Waals surface area contributed by atoms with E-state index in [4.69, 9.17) is 5.73 Å². The van der Waals surface area contributed by atoms with E-state index in [9.17, 15) is 0 Å². The van der Waals surface area contributed by atoms with Gasteiger partial charge in [-0.2, -0.15) is 0 Å². The number of hydrogen-bond acceptors (Lipinski definition) is 1. The molecule has 1 nitrogen and oxygen atoms in total. The molecular formula is C12H16BrN. The van der Waals surface area contributed by atoms with Crippen LogP contribution in [-0.4, -0.2) is 6.54 Å². The van der Waals surface area contributed by atoms with Crippen molar-refractivity contribution >= 4 is 15.9 Å². The van der Waals surface area contributed by atoms with E-state index in [0.717, 1.165) is 11.0 Å². The Balaban J connectivity index is 2.26. The van der Waals surface area contributed by atoms with Gasteiger partial charge in [0.15, 0.2) is 0 Å². The summed E-state index contributed by atoms with van der Waals surface area (Å²) in [5, 5.41) is 0. The highest BCUT2D eigenvalue weighted by atomic mass is 79.9. The second-order valence-electron chi connectivity index (χ2n) is 4.15. The molecule has 2 atom stereocenters. The zero-order valence-corrected chi connectivity index (χ0v) is 10.0. The van der Waals surface area contributed by atoms with Crippen molar-refractivity contribution in [3.63, 3.8) is 0 Å². The third-order valence-corrected chi connectivity index (χ3v) is 4.10. The first kappa shape index (κ1) is 10.2. The van der Waals surface area contributed by atoms with E-state index in [-0.39, 0.29) is 0 Å². The number of nitrogens with two attached hydrogens (primary N) is 1. The molecule has 1 aromatic carbocycles. The fraction of sp³-hybridized carbons (Fsp3) is 0.500. The van der Waals surface area contributed by atoms with E-state index in [0.29, 0.717) is 11.3 Å². The molecule has 1 aromatic rings. The first-order chi connectivity index (χ1) is 6.73. The average Bonchev–Trinajstić information content (AvgIpc) is 2.94. The second-order valence-corrected chi connectivity index (χ2v) is 5.07. The zero-order valence-electron chi connectivity index (χ0n) is 8.46. The summed E-state index contributed by atoms with van der Waals surface area (Å²) in [6.07, 6.45) is 2.47. The summed E-state index contributed by atoms with van der Waals surface area (Å²) in [6, 6.07) is 8.70. The summed E-state index contributed by atoms with van der Waals surface area (Å²) >= 11 is 3.46. The van der Waals surface area contributed by atoms with Crippen LogP contribution in [0.15, 0.2) is 28.7 Å². The number of halogens is 1. The van der Waals surface area contributed by atoms with Crippen LogP contribution in [0.5, 0.6) is 0 Å². The molecule has 1 fully saturated rings. The molecule has 0 radical (unpaired) electrons. The molecule has 0 saturated heterocycles. The van der Waals surface area contributed by atoms with Crippen LogP contribution in [0.3, 0.4) is 0 Å². The monoisotopic (exact) mass is 253 g/mol. The van der Waals surface area contributed by atoms with Crippen molar-refractivity contribution in [2.45, 2.75) is 25.2 Å². The molecule has 2 rings (SSSR count). The van der Waals surface area contributed by atoms with Gasteiger partial charge in [0.2, 0.25) is 0 Å². The van der Waals surface area contributed by atoms with E-state index < -0.39 is 0 Å². The first-order valence-electron chi connectivity index (χ1n) is 5.19. The summed E-state index contributed by atoms with van der Waals surface area (Å²) in [7, 11) is 0. The van der Waals surface area contributed by atoms with E-state index >= 15 is 0 Å². The predicted octanol–water partition coefficient (Wildman–Crippen LogP) is 3.08. The number of hydrogen-bond donors (Lipinski definition) is 1. The van der Waals surface area contributed by atoms with Gasteiger partial charge in [-0.1, -0.05) is 35.0 Å². The van der Waals surface area contributed by atoms with Gasteiger partial charge in [0.1, 0.15) is 0 Å². The molecule has 2 heteroatoms. The minimum absolute atomic E-state index is 0.398. The summed E-state index contributed by atoms with van der Waals surface area (Å²) < 4.78 is 1.15. The van der Waals surface area contributed by atoms with Gasteiger partial charge < -0.3 is 5.73 Å². The van der Waals surface area contributed by atoms with Crippen LogP contribution >= 0.6 is 15.9 Å². The van der Waals surface area contributed by atoms with Gasteiger partial charge in [0, 0.05) is 4.47 Å². The highest BCUT2D eigenvalue weighted by Crippen LogP contribution is 2.56. The summed E-state index contributed by atoms with van der Waals surface area (Å²) in [6.45, 7) is 3.08. The maximum Gasteiger partial charge on any atom is 0.0175 e. The second kappa shape index (κ2) is 3.67. The Kier molecular flexibility index (Phi) is 2.67. The normalized spacial score (nSPS) is 30.4. The fourth-order valence-corrected chi connectivity index (χ4v) is 2.73. The van der Waals surface area contributed by atoms with Crippen molar-refractivity contribution in [2.75, 3.05) is 6.54 Å². The van der Waals surface area contributed by atoms with Crippen LogP contribution in [0.1, 0.15) is 25.3 Å². The van der Waals surface area contributed by atoms with Crippen LogP contribution in [-0.2, 0) is 5.41 Å². The zero-order chi connectivity index (χ0) is 10.2. The molecule has 0 heterocycles. The van der Waals surface area contributed by atoms with Crippen molar-refractivity contribution in [3.05, 3.63) is 34.3 Å². The molecule has 0 aliphatic heterocycles. The standard InChI is InChI=1S/C12H16BrN/c1-2-12(7-10(12)8-14)9-3-5-11(13)6-4-9/h3-6,10H,2,7-8,14H2,1H3. The van der Waals surface area contributed by atoms with Crippen molar-refractivity contribution in [3.8, 4) is 0 Å². The molecule has 1 saturated carbocycles. The first-order valence-corrected chi connectivity index (χ1v) is 5.98. The van der Waals surface area contributed by atoms with E-state index in [1.807, 2.05) is 0 Å². The van der Waals surface area contributed by atoms with Crippen LogP contribution in [0.4, 0.5) is 0 Å². The molecule has 1 aliphatic carbocycles. The highest BCUT2D eigenvalue weighted by Gasteiger charge is 2.52. The quantitative estimate of drug-likeness (QED) is 0.881. The summed E-state index contributed by atoms with van der Waals surface area (Å²) in [4.78, 5) is 0. The van der Waals surface area contributed by atoms with Gasteiger partial charge in [-0.05, 0) is 48.4 Å². The smallest absolute Gasteiger partial charge is 0.0175 e. The lowest BCUT2D eigenvalue weighted by atomic mass is 9.90. The molecule has 0 bridgehead atoms. The average molecular weight is 254 g/mol. The Bertz CT molecular complexity index is 320. The van der Waals surface area contributed by atoms with Crippen molar-refractivity contribution in [1.82, 2.24) is 0 Å². The minimum atomic E-state index is 0.398. The van der Waals surface area contributed by atoms with Crippen molar-refractivity contribution in [2.24, 2.45) is 11.7 Å². The molecule has 2 N–H and O–H groups in total. The fourth-order valence-electron chi connectivity index (χ4n) is 2.46. The topological polar surface area (TPSA) is 26.0 Å². The molecule has 14 heavy (non-hydrogen) atoms. The van der Waals surface area contributed by atoms with E-state index in [2.05, 4.69) is 47.1 Å². The Labute approximate surface area is 93.8 Å². The molecule has 0 spiro atoms. The van der Waals surface area contributed by atoms with Crippen LogP contribution in [0.2, 0.25) is 0 Å². The lowest BCUT2D eigenvalue weighted by molar-refractivity contribution is 0.587. The molecular weight excluding hydrogens is 238 g/mol. The maximum atomic E-state index is 5.74. The SMILES string of the molecule is CCC1(c2ccc(Br)cc2)CC1CN. The lowest BCUT2D eigenvalue weighted by Crippen LogP contribution is -2.14. The third kappa shape index (κ3) is 1.51. The lowest BCUT2D eigenvalue weighted by Gasteiger charge is -2.15. The van der Waals surface area contributed by atoms with Gasteiger partial charge >= 0.3 is 0 Å². The summed E-state index contributed by atoms with van der Waals surface area (Å²) in [5.74, 6) is 0.702. The highest BCUT2D eigenvalue weighted by molar-refractivity contribution is 9.10. The maximum absolute atomic E-state index is 5.74. The van der Waals surface area contributed by atoms with Gasteiger partial charge in [-0.15, -0.1) is 0 Å². The van der Waals surface area contributed by atoms with Gasteiger partial charge in [-0.3, -0.25) is 0 Å². The molecule has 1 aliphatic rings. The van der Waals surface area contributed by atoms with Crippen molar-refractivity contribution in [1.29, 1.82) is 0 Å². The number of rotatable bonds is 3. The third-order valence-electron chi connectivity index (χ3n) is 3.57. The van der Waals surface area contributed by atoms with Gasteiger partial charge in [-0.25, -0.2) is 0 Å². The van der Waals surface area contributed by atoms with Crippen LogP contribution in [0, 0.1) is 5.92 Å². The minimum Gasteiger partial charge on any atom is -0.330 e. The Morgan fingerprint density at radius 3 is 2.50 bits per heavy atom. The van der Waals surface area contributed by atoms with E-state index in [1.54, 1.807) is 0 Å². The molecule has 0 amide bonds. The molecule has 0 aromatic heterocycles. The Hall–Kier alpha value is -0.340. The molecule has 76 valence electrons. The number of benzene rings is 1. The van der Waals surface area contributed by atoms with Gasteiger partial charge in [0.25, 0.3) is 0 Å². The predicted molar refractivity (Wildman–Crippen MR) is 63.3 cm³/mol. The van der Waals surface area contributed by atoms with Crippen LogP contribution < -0.4 is 5.73 Å². The summed E-state index contributed by atoms with van der Waals surface area (Å²) in [5.41, 5.74) is 7.60.